The fourth-order valence-electron chi connectivity index (χ4n) is 3.49. The minimum absolute atomic E-state index is 0.00464. The first-order valence-electron chi connectivity index (χ1n) is 8.28. The molecule has 2 heterocycles. The van der Waals surface area contributed by atoms with Gasteiger partial charge in [0.2, 0.25) is 0 Å². The molecule has 0 saturated heterocycles. The van der Waals surface area contributed by atoms with Crippen molar-refractivity contribution in [3.63, 3.8) is 0 Å². The van der Waals surface area contributed by atoms with Crippen molar-refractivity contribution in [2.75, 3.05) is 13.7 Å². The number of nitrogens with zero attached hydrogens (tertiary/aromatic N) is 2. The van der Waals surface area contributed by atoms with Crippen LogP contribution in [0.5, 0.6) is 5.75 Å². The van der Waals surface area contributed by atoms with Crippen LogP contribution in [-0.4, -0.2) is 34.4 Å². The van der Waals surface area contributed by atoms with E-state index in [4.69, 9.17) is 4.74 Å². The number of non-ortho nitro benzene ring substituents is 1. The summed E-state index contributed by atoms with van der Waals surface area (Å²) in [4.78, 5) is 28.3. The molecule has 132 valence electrons. The number of amides is 1. The van der Waals surface area contributed by atoms with Gasteiger partial charge in [-0.05, 0) is 24.1 Å². The molecular weight excluding hydrogens is 334 g/mol. The lowest BCUT2D eigenvalue weighted by Crippen LogP contribution is -2.36. The minimum Gasteiger partial charge on any atom is -0.496 e. The van der Waals surface area contributed by atoms with Crippen LogP contribution >= 0.6 is 0 Å². The lowest BCUT2D eigenvalue weighted by molar-refractivity contribution is -0.384. The molecule has 3 aromatic rings. The zero-order chi connectivity index (χ0) is 18.3. The number of fused-ring (bicyclic) bond motifs is 2. The summed E-state index contributed by atoms with van der Waals surface area (Å²) in [5, 5.41) is 11.6. The van der Waals surface area contributed by atoms with Gasteiger partial charge in [0.1, 0.15) is 5.75 Å². The molecule has 1 N–H and O–H groups in total. The maximum Gasteiger partial charge on any atom is 0.271 e. The lowest BCUT2D eigenvalue weighted by atomic mass is 9.98. The van der Waals surface area contributed by atoms with Gasteiger partial charge in [0.25, 0.3) is 11.6 Å². The number of hydrogen-bond donors (Lipinski definition) is 1. The first kappa shape index (κ1) is 16.1. The van der Waals surface area contributed by atoms with Gasteiger partial charge in [0, 0.05) is 42.4 Å². The van der Waals surface area contributed by atoms with Gasteiger partial charge in [0.05, 0.1) is 23.1 Å². The molecule has 4 rings (SSSR count). The fourth-order valence-corrected chi connectivity index (χ4v) is 3.49. The number of methoxy groups -OCH3 is 1. The van der Waals surface area contributed by atoms with Crippen LogP contribution in [0.1, 0.15) is 21.5 Å². The summed E-state index contributed by atoms with van der Waals surface area (Å²) in [6, 6.07) is 10.4. The average molecular weight is 351 g/mol. The maximum atomic E-state index is 13.0. The Labute approximate surface area is 149 Å². The molecule has 7 nitrogen and oxygen atoms in total. The van der Waals surface area contributed by atoms with Crippen LogP contribution in [0, 0.1) is 10.1 Å². The van der Waals surface area contributed by atoms with E-state index < -0.39 is 4.92 Å². The second kappa shape index (κ2) is 6.18. The van der Waals surface area contributed by atoms with Gasteiger partial charge in [-0.15, -0.1) is 0 Å². The van der Waals surface area contributed by atoms with Crippen LogP contribution in [0.15, 0.2) is 42.6 Å². The lowest BCUT2D eigenvalue weighted by Gasteiger charge is -2.29. The Morgan fingerprint density at radius 1 is 1.31 bits per heavy atom. The summed E-state index contributed by atoms with van der Waals surface area (Å²) < 4.78 is 5.43. The second-order valence-electron chi connectivity index (χ2n) is 6.26. The van der Waals surface area contributed by atoms with E-state index in [0.29, 0.717) is 29.6 Å². The number of nitro groups is 1. The van der Waals surface area contributed by atoms with E-state index in [0.717, 1.165) is 17.7 Å². The maximum absolute atomic E-state index is 13.0. The number of hydrogen-bond acceptors (Lipinski definition) is 4. The van der Waals surface area contributed by atoms with E-state index in [1.165, 1.54) is 17.7 Å². The fraction of sp³-hybridized carbons (Fsp3) is 0.211. The van der Waals surface area contributed by atoms with Crippen LogP contribution < -0.4 is 4.74 Å². The highest BCUT2D eigenvalue weighted by atomic mass is 16.6. The number of rotatable bonds is 3. The standard InChI is InChI=1S/C19H17N3O4/c1-26-18-4-2-3-12-7-8-21(11-16(12)18)19(23)15-10-20-17-9-13(22(24)25)5-6-14(15)17/h2-6,9-10,20H,7-8,11H2,1H3. The number of nitrogens with one attached hydrogen (secondary N) is 1. The van der Waals surface area contributed by atoms with Crippen molar-refractivity contribution in [3.05, 3.63) is 69.4 Å². The monoisotopic (exact) mass is 351 g/mol. The third-order valence-corrected chi connectivity index (χ3v) is 4.84. The molecule has 0 radical (unpaired) electrons. The summed E-state index contributed by atoms with van der Waals surface area (Å²) >= 11 is 0. The van der Waals surface area contributed by atoms with Gasteiger partial charge in [-0.3, -0.25) is 14.9 Å². The largest absolute Gasteiger partial charge is 0.496 e. The van der Waals surface area contributed by atoms with Crippen molar-refractivity contribution in [1.82, 2.24) is 9.88 Å². The molecule has 1 amide bonds. The molecular formula is C19H17N3O4. The zero-order valence-electron chi connectivity index (χ0n) is 14.2. The van der Waals surface area contributed by atoms with Gasteiger partial charge >= 0.3 is 0 Å². The Morgan fingerprint density at radius 2 is 2.15 bits per heavy atom. The van der Waals surface area contributed by atoms with E-state index in [2.05, 4.69) is 11.1 Å². The summed E-state index contributed by atoms with van der Waals surface area (Å²) in [6.45, 7) is 1.11. The Morgan fingerprint density at radius 3 is 2.92 bits per heavy atom. The van der Waals surface area contributed by atoms with Crippen LogP contribution in [-0.2, 0) is 13.0 Å². The molecule has 0 aliphatic carbocycles. The average Bonchev–Trinajstić information content (AvgIpc) is 3.09. The second-order valence-corrected chi connectivity index (χ2v) is 6.26. The Hall–Kier alpha value is -3.35. The molecule has 0 bridgehead atoms. The Balaban J connectivity index is 1.66. The molecule has 0 atom stereocenters. The van der Waals surface area contributed by atoms with Crippen molar-refractivity contribution in [2.24, 2.45) is 0 Å². The number of nitro benzene ring substituents is 1. The highest BCUT2D eigenvalue weighted by Crippen LogP contribution is 2.30. The molecule has 2 aromatic carbocycles. The number of aromatic amines is 1. The molecule has 26 heavy (non-hydrogen) atoms. The van der Waals surface area contributed by atoms with Crippen molar-refractivity contribution in [3.8, 4) is 5.75 Å². The van der Waals surface area contributed by atoms with Crippen molar-refractivity contribution >= 4 is 22.5 Å². The van der Waals surface area contributed by atoms with Crippen molar-refractivity contribution in [2.45, 2.75) is 13.0 Å². The topological polar surface area (TPSA) is 88.5 Å². The van der Waals surface area contributed by atoms with Gasteiger partial charge in [-0.2, -0.15) is 0 Å². The highest BCUT2D eigenvalue weighted by Gasteiger charge is 2.26. The van der Waals surface area contributed by atoms with E-state index in [-0.39, 0.29) is 11.6 Å². The molecule has 1 aromatic heterocycles. The summed E-state index contributed by atoms with van der Waals surface area (Å²) in [5.41, 5.74) is 3.33. The van der Waals surface area contributed by atoms with Crippen molar-refractivity contribution in [1.29, 1.82) is 0 Å². The quantitative estimate of drug-likeness (QED) is 0.579. The predicted octanol–water partition coefficient (Wildman–Crippen LogP) is 3.28. The normalized spacial score (nSPS) is 13.5. The Kier molecular flexibility index (Phi) is 3.84. The van der Waals surface area contributed by atoms with Gasteiger partial charge in [-0.1, -0.05) is 12.1 Å². The summed E-state index contributed by atoms with van der Waals surface area (Å²) in [7, 11) is 1.63. The summed E-state index contributed by atoms with van der Waals surface area (Å²) in [5.74, 6) is 0.691. The number of H-pyrrole nitrogens is 1. The summed E-state index contributed by atoms with van der Waals surface area (Å²) in [6.07, 6.45) is 2.39. The molecule has 0 fully saturated rings. The third kappa shape index (κ3) is 2.57. The molecule has 1 aliphatic heterocycles. The number of ether oxygens (including phenoxy) is 1. The SMILES string of the molecule is COc1cccc2c1CN(C(=O)c1c[nH]c3cc([N+](=O)[O-])ccc13)CC2. The smallest absolute Gasteiger partial charge is 0.271 e. The third-order valence-electron chi connectivity index (χ3n) is 4.84. The molecule has 0 spiro atoms. The first-order valence-corrected chi connectivity index (χ1v) is 8.28. The zero-order valence-corrected chi connectivity index (χ0v) is 14.2. The minimum atomic E-state index is -0.449. The van der Waals surface area contributed by atoms with E-state index in [1.807, 2.05) is 12.1 Å². The van der Waals surface area contributed by atoms with Crippen molar-refractivity contribution < 1.29 is 14.5 Å². The first-order chi connectivity index (χ1) is 12.6. The molecule has 1 aliphatic rings. The van der Waals surface area contributed by atoms with E-state index in [1.54, 1.807) is 24.3 Å². The van der Waals surface area contributed by atoms with Crippen LogP contribution in [0.25, 0.3) is 10.9 Å². The predicted molar refractivity (Wildman–Crippen MR) is 96.4 cm³/mol. The number of benzene rings is 2. The number of carbonyl (C=O) groups is 1. The van der Waals surface area contributed by atoms with Crippen LogP contribution in [0.2, 0.25) is 0 Å². The van der Waals surface area contributed by atoms with Gasteiger partial charge in [-0.25, -0.2) is 0 Å². The van der Waals surface area contributed by atoms with E-state index in [9.17, 15) is 14.9 Å². The Bertz CT molecular complexity index is 1010. The number of aromatic nitrogens is 1. The van der Waals surface area contributed by atoms with Gasteiger partial charge < -0.3 is 14.6 Å². The van der Waals surface area contributed by atoms with Gasteiger partial charge in [0.15, 0.2) is 0 Å². The molecule has 7 heteroatoms. The van der Waals surface area contributed by atoms with Crippen LogP contribution in [0.3, 0.4) is 0 Å². The van der Waals surface area contributed by atoms with E-state index >= 15 is 0 Å². The van der Waals surface area contributed by atoms with Crippen LogP contribution in [0.4, 0.5) is 5.69 Å². The molecule has 0 saturated carbocycles. The highest BCUT2D eigenvalue weighted by molar-refractivity contribution is 6.07. The molecule has 0 unspecified atom stereocenters. The number of carbonyl (C=O) groups excluding carboxylic acids is 1.